The van der Waals surface area contributed by atoms with Gasteiger partial charge in [0.05, 0.1) is 12.0 Å². The summed E-state index contributed by atoms with van der Waals surface area (Å²) in [6, 6.07) is 9.92. The molecule has 2 aliphatic heterocycles. The van der Waals surface area contributed by atoms with Gasteiger partial charge in [0.2, 0.25) is 11.8 Å². The van der Waals surface area contributed by atoms with Crippen LogP contribution in [-0.2, 0) is 17.8 Å². The number of piperidine rings is 1. The molecule has 3 heterocycles. The van der Waals surface area contributed by atoms with Gasteiger partial charge < -0.3 is 14.6 Å². The number of benzene rings is 1. The van der Waals surface area contributed by atoms with Crippen molar-refractivity contribution in [2.75, 3.05) is 19.6 Å². The van der Waals surface area contributed by atoms with Gasteiger partial charge in [0, 0.05) is 25.1 Å². The Labute approximate surface area is 154 Å². The molecular formula is C19H24ClN3O2. The molecule has 1 aromatic carbocycles. The number of carbonyl (C=O) groups is 1. The largest absolute Gasteiger partial charge is 0.441 e. The molecule has 1 amide bonds. The molecule has 0 spiro atoms. The SMILES string of the molecule is CC1(C(=O)N2CCc3oc(-c4ccccc4)nc3C2)CCCNC1.Cl. The molecule has 0 bridgehead atoms. The number of hydrogen-bond donors (Lipinski definition) is 1. The second-order valence-electron chi connectivity index (χ2n) is 7.07. The number of nitrogens with one attached hydrogen (secondary N) is 1. The third-order valence-corrected chi connectivity index (χ3v) is 5.15. The van der Waals surface area contributed by atoms with Gasteiger partial charge in [-0.15, -0.1) is 12.4 Å². The van der Waals surface area contributed by atoms with E-state index in [-0.39, 0.29) is 23.7 Å². The maximum Gasteiger partial charge on any atom is 0.230 e. The first-order valence-electron chi connectivity index (χ1n) is 8.70. The van der Waals surface area contributed by atoms with Crippen LogP contribution in [0.15, 0.2) is 34.7 Å². The number of aromatic nitrogens is 1. The van der Waals surface area contributed by atoms with E-state index in [2.05, 4.69) is 17.2 Å². The van der Waals surface area contributed by atoms with Gasteiger partial charge in [-0.3, -0.25) is 4.79 Å². The van der Waals surface area contributed by atoms with Crippen molar-refractivity contribution >= 4 is 18.3 Å². The number of fused-ring (bicyclic) bond motifs is 1. The lowest BCUT2D eigenvalue weighted by Crippen LogP contribution is -2.51. The zero-order valence-electron chi connectivity index (χ0n) is 14.5. The Morgan fingerprint density at radius 1 is 1.32 bits per heavy atom. The normalized spacial score (nSPS) is 22.8. The van der Waals surface area contributed by atoms with E-state index in [0.717, 1.165) is 49.4 Å². The maximum absolute atomic E-state index is 13.0. The predicted octanol–water partition coefficient (Wildman–Crippen LogP) is 3.04. The minimum atomic E-state index is -0.290. The van der Waals surface area contributed by atoms with Crippen molar-refractivity contribution in [3.05, 3.63) is 41.8 Å². The van der Waals surface area contributed by atoms with E-state index in [1.165, 1.54) is 0 Å². The molecule has 1 unspecified atom stereocenters. The second kappa shape index (κ2) is 7.18. The molecule has 1 saturated heterocycles. The summed E-state index contributed by atoms with van der Waals surface area (Å²) in [5.74, 6) is 1.81. The van der Waals surface area contributed by atoms with Gasteiger partial charge >= 0.3 is 0 Å². The van der Waals surface area contributed by atoms with E-state index in [4.69, 9.17) is 4.42 Å². The third kappa shape index (κ3) is 3.44. The number of carbonyl (C=O) groups excluding carboxylic acids is 1. The molecule has 5 nitrogen and oxygen atoms in total. The Hall–Kier alpha value is -1.85. The van der Waals surface area contributed by atoms with E-state index >= 15 is 0 Å². The van der Waals surface area contributed by atoms with Crippen LogP contribution in [-0.4, -0.2) is 35.4 Å². The van der Waals surface area contributed by atoms with Crippen LogP contribution in [0.5, 0.6) is 0 Å². The van der Waals surface area contributed by atoms with E-state index in [1.54, 1.807) is 0 Å². The summed E-state index contributed by atoms with van der Waals surface area (Å²) >= 11 is 0. The van der Waals surface area contributed by atoms with Crippen LogP contribution in [0.1, 0.15) is 31.2 Å². The molecule has 6 heteroatoms. The summed E-state index contributed by atoms with van der Waals surface area (Å²) in [6.45, 7) is 5.13. The molecule has 0 saturated carbocycles. The molecule has 2 aliphatic rings. The van der Waals surface area contributed by atoms with Gasteiger partial charge in [0.25, 0.3) is 0 Å². The first-order valence-corrected chi connectivity index (χ1v) is 8.70. The lowest BCUT2D eigenvalue weighted by atomic mass is 9.81. The second-order valence-corrected chi connectivity index (χ2v) is 7.07. The number of nitrogens with zero attached hydrogens (tertiary/aromatic N) is 2. The third-order valence-electron chi connectivity index (χ3n) is 5.15. The summed E-state index contributed by atoms with van der Waals surface area (Å²) in [5, 5.41) is 3.36. The highest BCUT2D eigenvalue weighted by Gasteiger charge is 2.39. The smallest absolute Gasteiger partial charge is 0.230 e. The van der Waals surface area contributed by atoms with Crippen molar-refractivity contribution in [3.63, 3.8) is 0 Å². The molecule has 0 radical (unpaired) electrons. The summed E-state index contributed by atoms with van der Waals surface area (Å²) in [5.41, 5.74) is 1.59. The fourth-order valence-electron chi connectivity index (χ4n) is 3.70. The highest BCUT2D eigenvalue weighted by atomic mass is 35.5. The summed E-state index contributed by atoms with van der Waals surface area (Å²) in [4.78, 5) is 19.6. The number of hydrogen-bond acceptors (Lipinski definition) is 4. The van der Waals surface area contributed by atoms with Gasteiger partial charge in [0.1, 0.15) is 11.5 Å². The van der Waals surface area contributed by atoms with Crippen LogP contribution < -0.4 is 5.32 Å². The average Bonchev–Trinajstić information content (AvgIpc) is 3.05. The van der Waals surface area contributed by atoms with E-state index in [9.17, 15) is 4.79 Å². The number of oxazole rings is 1. The van der Waals surface area contributed by atoms with Crippen LogP contribution >= 0.6 is 12.4 Å². The molecule has 1 N–H and O–H groups in total. The highest BCUT2D eigenvalue weighted by Crippen LogP contribution is 2.32. The topological polar surface area (TPSA) is 58.4 Å². The molecule has 1 aromatic heterocycles. The van der Waals surface area contributed by atoms with Crippen molar-refractivity contribution in [1.82, 2.24) is 15.2 Å². The van der Waals surface area contributed by atoms with Gasteiger partial charge in [-0.05, 0) is 38.4 Å². The van der Waals surface area contributed by atoms with Gasteiger partial charge in [-0.25, -0.2) is 4.98 Å². The fraction of sp³-hybridized carbons (Fsp3) is 0.474. The monoisotopic (exact) mass is 361 g/mol. The predicted molar refractivity (Wildman–Crippen MR) is 98.5 cm³/mol. The van der Waals surface area contributed by atoms with Crippen molar-refractivity contribution in [3.8, 4) is 11.5 Å². The molecule has 1 atom stereocenters. The first-order chi connectivity index (χ1) is 11.7. The molecule has 2 aromatic rings. The summed E-state index contributed by atoms with van der Waals surface area (Å²) in [6.07, 6.45) is 2.75. The molecule has 134 valence electrons. The van der Waals surface area contributed by atoms with Crippen LogP contribution in [0.2, 0.25) is 0 Å². The molecular weight excluding hydrogens is 338 g/mol. The molecule has 4 rings (SSSR count). The minimum Gasteiger partial charge on any atom is -0.441 e. The van der Waals surface area contributed by atoms with E-state index in [1.807, 2.05) is 35.2 Å². The van der Waals surface area contributed by atoms with Crippen LogP contribution in [0, 0.1) is 5.41 Å². The van der Waals surface area contributed by atoms with Crippen LogP contribution in [0.3, 0.4) is 0 Å². The van der Waals surface area contributed by atoms with Crippen molar-refractivity contribution in [2.45, 2.75) is 32.7 Å². The van der Waals surface area contributed by atoms with Crippen LogP contribution in [0.25, 0.3) is 11.5 Å². The Bertz CT molecular complexity index is 738. The number of halogens is 1. The Kier molecular flexibility index (Phi) is 5.16. The molecule has 0 aliphatic carbocycles. The quantitative estimate of drug-likeness (QED) is 0.893. The van der Waals surface area contributed by atoms with Crippen molar-refractivity contribution < 1.29 is 9.21 Å². The number of rotatable bonds is 2. The van der Waals surface area contributed by atoms with E-state index in [0.29, 0.717) is 19.0 Å². The first kappa shape index (κ1) is 18.0. The van der Waals surface area contributed by atoms with Gasteiger partial charge in [-0.1, -0.05) is 18.2 Å². The summed E-state index contributed by atoms with van der Waals surface area (Å²) in [7, 11) is 0. The molecule has 1 fully saturated rings. The van der Waals surface area contributed by atoms with Gasteiger partial charge in [-0.2, -0.15) is 0 Å². The van der Waals surface area contributed by atoms with E-state index < -0.39 is 0 Å². The Morgan fingerprint density at radius 3 is 2.84 bits per heavy atom. The lowest BCUT2D eigenvalue weighted by Gasteiger charge is -2.38. The summed E-state index contributed by atoms with van der Waals surface area (Å²) < 4.78 is 5.93. The average molecular weight is 362 g/mol. The number of amides is 1. The van der Waals surface area contributed by atoms with Crippen molar-refractivity contribution in [2.24, 2.45) is 5.41 Å². The standard InChI is InChI=1S/C19H23N3O2.ClH/c1-19(9-5-10-20-13-19)18(23)22-11-8-16-15(12-22)21-17(24-16)14-6-3-2-4-7-14;/h2-4,6-7,20H,5,8-13H2,1H3;1H. The minimum absolute atomic E-state index is 0. The zero-order chi connectivity index (χ0) is 16.6. The van der Waals surface area contributed by atoms with Crippen LogP contribution in [0.4, 0.5) is 0 Å². The highest BCUT2D eigenvalue weighted by molar-refractivity contribution is 5.85. The Morgan fingerprint density at radius 2 is 2.12 bits per heavy atom. The van der Waals surface area contributed by atoms with Gasteiger partial charge in [0.15, 0.2) is 0 Å². The zero-order valence-corrected chi connectivity index (χ0v) is 15.3. The van der Waals surface area contributed by atoms with Crippen molar-refractivity contribution in [1.29, 1.82) is 0 Å². The molecule has 25 heavy (non-hydrogen) atoms. The lowest BCUT2D eigenvalue weighted by molar-refractivity contribution is -0.143. The maximum atomic E-state index is 13.0. The Balaban J connectivity index is 0.00000182. The fourth-order valence-corrected chi connectivity index (χ4v) is 3.70.